The molecule has 2 rings (SSSR count). The maximum absolute atomic E-state index is 11.2. The van der Waals surface area contributed by atoms with E-state index in [1.807, 2.05) is 0 Å². The van der Waals surface area contributed by atoms with Gasteiger partial charge in [0.2, 0.25) is 20.0 Å². The summed E-state index contributed by atoms with van der Waals surface area (Å²) in [6.07, 6.45) is 1.05. The predicted molar refractivity (Wildman–Crippen MR) is 96.6 cm³/mol. The Kier molecular flexibility index (Phi) is 5.93. The Morgan fingerprint density at radius 1 is 1.00 bits per heavy atom. The van der Waals surface area contributed by atoms with E-state index < -0.39 is 20.0 Å². The van der Waals surface area contributed by atoms with Gasteiger partial charge in [0, 0.05) is 6.07 Å². The van der Waals surface area contributed by atoms with Crippen molar-refractivity contribution in [2.75, 3.05) is 11.0 Å². The third-order valence-electron chi connectivity index (χ3n) is 2.85. The summed E-state index contributed by atoms with van der Waals surface area (Å²) in [7, 11) is -7.13. The van der Waals surface area contributed by atoms with Crippen LogP contribution in [0.3, 0.4) is 0 Å². The molecule has 134 valence electrons. The molecule has 0 amide bonds. The predicted octanol–water partition coefficient (Wildman–Crippen LogP) is 0.571. The zero-order valence-electron chi connectivity index (χ0n) is 13.4. The summed E-state index contributed by atoms with van der Waals surface area (Å²) in [4.78, 5) is 0. The molecule has 0 unspecified atom stereocenters. The summed E-state index contributed by atoms with van der Waals surface area (Å²) in [5.74, 6) is 0.547. The second kappa shape index (κ2) is 7.76. The van der Waals surface area contributed by atoms with Crippen LogP contribution in [0.4, 0.5) is 5.69 Å². The zero-order valence-corrected chi connectivity index (χ0v) is 15.0. The van der Waals surface area contributed by atoms with E-state index in [-0.39, 0.29) is 13.4 Å². The molecular formula is C14H17BN2O6S2. The van der Waals surface area contributed by atoms with Crippen molar-refractivity contribution in [3.8, 4) is 11.5 Å². The third-order valence-corrected chi connectivity index (χ3v) is 4.20. The number of hydrogen-bond acceptors (Lipinski definition) is 6. The zero-order chi connectivity index (χ0) is 18.5. The third kappa shape index (κ3) is 7.46. The Balaban J connectivity index is 1.95. The lowest BCUT2D eigenvalue weighted by molar-refractivity contribution is 0.459. The van der Waals surface area contributed by atoms with Gasteiger partial charge < -0.3 is 9.31 Å². The molecule has 0 atom stereocenters. The topological polar surface area (TPSA) is 125 Å². The van der Waals surface area contributed by atoms with E-state index in [2.05, 4.69) is 4.72 Å². The molecule has 0 bridgehead atoms. The molecule has 0 aliphatic heterocycles. The number of sulfonamides is 2. The molecule has 11 heteroatoms. The summed E-state index contributed by atoms with van der Waals surface area (Å²) in [5, 5.41) is 5.01. The van der Waals surface area contributed by atoms with Gasteiger partial charge in [-0.25, -0.2) is 22.0 Å². The average Bonchev–Trinajstić information content (AvgIpc) is 2.44. The Labute approximate surface area is 147 Å². The number of primary sulfonamides is 1. The summed E-state index contributed by atoms with van der Waals surface area (Å²) < 4.78 is 57.8. The van der Waals surface area contributed by atoms with E-state index in [1.165, 1.54) is 6.07 Å². The van der Waals surface area contributed by atoms with Crippen LogP contribution in [-0.2, 0) is 25.8 Å². The standard InChI is InChI=1S/C14H17BN2O6S2/c1-24(18,19)17-12-5-3-7-14(9-12)23-15-22-13-6-2-4-11(8-13)10-25(16,20)21/h2-9,15,17H,10H2,1H3,(H2,16,20,21). The van der Waals surface area contributed by atoms with Gasteiger partial charge in [-0.3, -0.25) is 4.72 Å². The Hall–Kier alpha value is -2.24. The first-order valence-corrected chi connectivity index (χ1v) is 10.6. The lowest BCUT2D eigenvalue weighted by atomic mass is 10.2. The number of hydrogen-bond donors (Lipinski definition) is 2. The quantitative estimate of drug-likeness (QED) is 0.641. The first kappa shape index (κ1) is 19.1. The van der Waals surface area contributed by atoms with Gasteiger partial charge in [0.1, 0.15) is 11.5 Å². The van der Waals surface area contributed by atoms with Gasteiger partial charge in [-0.15, -0.1) is 0 Å². The van der Waals surface area contributed by atoms with E-state index >= 15 is 0 Å². The van der Waals surface area contributed by atoms with E-state index in [9.17, 15) is 16.8 Å². The Morgan fingerprint density at radius 2 is 1.60 bits per heavy atom. The van der Waals surface area contributed by atoms with Crippen molar-refractivity contribution in [2.45, 2.75) is 5.75 Å². The minimum Gasteiger partial charge on any atom is -0.529 e. The molecule has 25 heavy (non-hydrogen) atoms. The smallest absolute Gasteiger partial charge is 0.529 e. The van der Waals surface area contributed by atoms with Crippen molar-refractivity contribution in [1.29, 1.82) is 0 Å². The maximum atomic E-state index is 11.2. The highest BCUT2D eigenvalue weighted by atomic mass is 32.2. The molecule has 0 spiro atoms. The van der Waals surface area contributed by atoms with Crippen LogP contribution in [0.2, 0.25) is 0 Å². The van der Waals surface area contributed by atoms with Gasteiger partial charge in [-0.2, -0.15) is 0 Å². The second-order valence-electron chi connectivity index (χ2n) is 5.26. The van der Waals surface area contributed by atoms with E-state index in [0.717, 1.165) is 6.26 Å². The van der Waals surface area contributed by atoms with Gasteiger partial charge in [0.25, 0.3) is 0 Å². The molecule has 0 aliphatic rings. The van der Waals surface area contributed by atoms with Gasteiger partial charge >= 0.3 is 7.69 Å². The molecule has 8 nitrogen and oxygen atoms in total. The fourth-order valence-corrected chi connectivity index (χ4v) is 3.19. The van der Waals surface area contributed by atoms with Crippen molar-refractivity contribution in [1.82, 2.24) is 0 Å². The van der Waals surface area contributed by atoms with Crippen molar-refractivity contribution in [2.24, 2.45) is 5.14 Å². The highest BCUT2D eigenvalue weighted by Gasteiger charge is 2.07. The SMILES string of the molecule is CS(=O)(=O)Nc1cccc(OBOc2cccc(CS(N)(=O)=O)c2)c1. The van der Waals surface area contributed by atoms with Crippen LogP contribution in [0.1, 0.15) is 5.56 Å². The van der Waals surface area contributed by atoms with Crippen LogP contribution < -0.4 is 19.2 Å². The van der Waals surface area contributed by atoms with Crippen molar-refractivity contribution < 1.29 is 26.1 Å². The molecule has 0 radical (unpaired) electrons. The highest BCUT2D eigenvalue weighted by molar-refractivity contribution is 7.92. The van der Waals surface area contributed by atoms with Gasteiger partial charge in [0.15, 0.2) is 0 Å². The Morgan fingerprint density at radius 3 is 2.20 bits per heavy atom. The molecule has 0 aliphatic carbocycles. The number of benzene rings is 2. The fraction of sp³-hybridized carbons (Fsp3) is 0.143. The van der Waals surface area contributed by atoms with E-state index in [4.69, 9.17) is 14.4 Å². The summed E-state index contributed by atoms with van der Waals surface area (Å²) in [5.41, 5.74) is 0.870. The molecule has 0 aromatic heterocycles. The molecule has 0 saturated heterocycles. The maximum Gasteiger partial charge on any atom is 0.576 e. The molecular weight excluding hydrogens is 367 g/mol. The van der Waals surface area contributed by atoms with Crippen LogP contribution in [0.25, 0.3) is 0 Å². The Bertz CT molecular complexity index is 870. The first-order valence-electron chi connectivity index (χ1n) is 7.04. The van der Waals surface area contributed by atoms with Crippen LogP contribution in [0.15, 0.2) is 48.5 Å². The van der Waals surface area contributed by atoms with Crippen molar-refractivity contribution >= 4 is 33.4 Å². The van der Waals surface area contributed by atoms with Gasteiger partial charge in [-0.05, 0) is 29.8 Å². The lowest BCUT2D eigenvalue weighted by Crippen LogP contribution is -2.15. The molecule has 0 fully saturated rings. The number of rotatable bonds is 8. The largest absolute Gasteiger partial charge is 0.576 e. The number of nitrogens with one attached hydrogen (secondary N) is 1. The second-order valence-corrected chi connectivity index (χ2v) is 8.63. The summed E-state index contributed by atoms with van der Waals surface area (Å²) in [6.45, 7) is 0. The minimum absolute atomic E-state index is 0.138. The van der Waals surface area contributed by atoms with Crippen LogP contribution >= 0.6 is 0 Å². The molecule has 0 heterocycles. The molecule has 3 N–H and O–H groups in total. The number of nitrogens with two attached hydrogens (primary N) is 1. The van der Waals surface area contributed by atoms with Gasteiger partial charge in [-0.1, -0.05) is 18.2 Å². The van der Waals surface area contributed by atoms with Crippen molar-refractivity contribution in [3.05, 3.63) is 54.1 Å². The average molecular weight is 384 g/mol. The molecule has 2 aromatic carbocycles. The van der Waals surface area contributed by atoms with E-state index in [0.29, 0.717) is 22.7 Å². The van der Waals surface area contributed by atoms with Crippen LogP contribution in [0, 0.1) is 0 Å². The van der Waals surface area contributed by atoms with Crippen LogP contribution in [-0.4, -0.2) is 30.8 Å². The molecule has 0 saturated carbocycles. The van der Waals surface area contributed by atoms with Crippen molar-refractivity contribution in [3.63, 3.8) is 0 Å². The summed E-state index contributed by atoms with van der Waals surface area (Å²) >= 11 is 0. The highest BCUT2D eigenvalue weighted by Crippen LogP contribution is 2.19. The monoisotopic (exact) mass is 384 g/mol. The van der Waals surface area contributed by atoms with Crippen LogP contribution in [0.5, 0.6) is 11.5 Å². The summed E-state index contributed by atoms with van der Waals surface area (Å²) in [6, 6.07) is 12.9. The molecule has 2 aromatic rings. The normalized spacial score (nSPS) is 11.6. The fourth-order valence-electron chi connectivity index (χ4n) is 1.99. The first-order chi connectivity index (χ1) is 11.6. The van der Waals surface area contributed by atoms with E-state index in [1.54, 1.807) is 42.5 Å². The van der Waals surface area contributed by atoms with Gasteiger partial charge in [0.05, 0.1) is 17.7 Å². The lowest BCUT2D eigenvalue weighted by Gasteiger charge is -2.10. The number of anilines is 1. The minimum atomic E-state index is -3.62.